The van der Waals surface area contributed by atoms with Crippen LogP contribution in [0.1, 0.15) is 31.2 Å². The molecule has 24 heavy (non-hydrogen) atoms. The molecule has 4 rings (SSSR count). The van der Waals surface area contributed by atoms with Crippen molar-refractivity contribution in [2.24, 2.45) is 0 Å². The maximum atomic E-state index is 12.5. The highest BCUT2D eigenvalue weighted by atomic mass is 16.6. The second-order valence-corrected chi connectivity index (χ2v) is 6.40. The van der Waals surface area contributed by atoms with Crippen LogP contribution in [0, 0.1) is 0 Å². The summed E-state index contributed by atoms with van der Waals surface area (Å²) in [5, 5.41) is 2.72. The Morgan fingerprint density at radius 1 is 1.21 bits per heavy atom. The van der Waals surface area contributed by atoms with E-state index in [0.29, 0.717) is 38.8 Å². The third kappa shape index (κ3) is 2.40. The van der Waals surface area contributed by atoms with Gasteiger partial charge in [-0.1, -0.05) is 18.2 Å². The number of hydrogen-bond acceptors (Lipinski definition) is 5. The SMILES string of the molecule is O=C1CC[C@@H](C(=O)N2CCC3(CC2)OC(=O)Nc2ccccc23)O1. The molecule has 3 heterocycles. The van der Waals surface area contributed by atoms with Gasteiger partial charge in [-0.05, 0) is 6.07 Å². The number of amides is 2. The number of rotatable bonds is 1. The van der Waals surface area contributed by atoms with Crippen LogP contribution < -0.4 is 5.32 Å². The minimum absolute atomic E-state index is 0.149. The predicted octanol–water partition coefficient (Wildman–Crippen LogP) is 1.77. The van der Waals surface area contributed by atoms with Crippen molar-refractivity contribution in [2.45, 2.75) is 37.4 Å². The van der Waals surface area contributed by atoms with Gasteiger partial charge in [0, 0.05) is 44.3 Å². The Bertz CT molecular complexity index is 709. The van der Waals surface area contributed by atoms with Gasteiger partial charge < -0.3 is 14.4 Å². The fourth-order valence-corrected chi connectivity index (χ4v) is 3.72. The topological polar surface area (TPSA) is 84.9 Å². The lowest BCUT2D eigenvalue weighted by Crippen LogP contribution is -2.51. The van der Waals surface area contributed by atoms with E-state index < -0.39 is 17.8 Å². The molecule has 1 atom stereocenters. The summed E-state index contributed by atoms with van der Waals surface area (Å²) in [6.45, 7) is 0.934. The molecular formula is C17H18N2O5. The average Bonchev–Trinajstić information content (AvgIpc) is 3.01. The van der Waals surface area contributed by atoms with Gasteiger partial charge in [0.05, 0.1) is 5.69 Å². The minimum atomic E-state index is -0.692. The third-order valence-electron chi connectivity index (χ3n) is 4.99. The van der Waals surface area contributed by atoms with E-state index in [1.807, 2.05) is 24.3 Å². The maximum absolute atomic E-state index is 12.5. The molecule has 2 saturated heterocycles. The van der Waals surface area contributed by atoms with E-state index in [1.165, 1.54) is 0 Å². The molecule has 0 bridgehead atoms. The van der Waals surface area contributed by atoms with Crippen molar-refractivity contribution < 1.29 is 23.9 Å². The number of nitrogens with zero attached hydrogens (tertiary/aromatic N) is 1. The maximum Gasteiger partial charge on any atom is 0.412 e. The molecule has 1 spiro atoms. The van der Waals surface area contributed by atoms with Crippen molar-refractivity contribution in [2.75, 3.05) is 18.4 Å². The third-order valence-corrected chi connectivity index (χ3v) is 4.99. The van der Waals surface area contributed by atoms with Gasteiger partial charge >= 0.3 is 12.1 Å². The summed E-state index contributed by atoms with van der Waals surface area (Å²) < 4.78 is 10.7. The van der Waals surface area contributed by atoms with Crippen molar-refractivity contribution in [3.05, 3.63) is 29.8 Å². The number of nitrogens with one attached hydrogen (secondary N) is 1. The van der Waals surface area contributed by atoms with E-state index in [0.717, 1.165) is 11.3 Å². The first-order valence-corrected chi connectivity index (χ1v) is 8.15. The summed E-state index contributed by atoms with van der Waals surface area (Å²) in [4.78, 5) is 37.2. The number of carbonyl (C=O) groups is 3. The largest absolute Gasteiger partial charge is 0.452 e. The molecule has 0 saturated carbocycles. The van der Waals surface area contributed by atoms with Crippen LogP contribution in [0.5, 0.6) is 0 Å². The average molecular weight is 330 g/mol. The van der Waals surface area contributed by atoms with Gasteiger partial charge in [-0.25, -0.2) is 4.79 Å². The first-order chi connectivity index (χ1) is 11.6. The highest BCUT2D eigenvalue weighted by Crippen LogP contribution is 2.43. The number of anilines is 1. The van der Waals surface area contributed by atoms with Crippen LogP contribution in [0.4, 0.5) is 10.5 Å². The summed E-state index contributed by atoms with van der Waals surface area (Å²) in [6, 6.07) is 7.58. The number of ether oxygens (including phenoxy) is 2. The van der Waals surface area contributed by atoms with Crippen molar-refractivity contribution >= 4 is 23.7 Å². The summed E-state index contributed by atoms with van der Waals surface area (Å²) in [5.74, 6) is -0.465. The monoisotopic (exact) mass is 330 g/mol. The Hall–Kier alpha value is -2.57. The second kappa shape index (κ2) is 5.51. The zero-order valence-corrected chi connectivity index (χ0v) is 13.1. The summed E-state index contributed by atoms with van der Waals surface area (Å²) >= 11 is 0. The summed E-state index contributed by atoms with van der Waals surface area (Å²) in [5.41, 5.74) is 1.02. The Kier molecular flexibility index (Phi) is 3.44. The Morgan fingerprint density at radius 2 is 1.96 bits per heavy atom. The van der Waals surface area contributed by atoms with E-state index in [2.05, 4.69) is 5.32 Å². The fraction of sp³-hybridized carbons (Fsp3) is 0.471. The van der Waals surface area contributed by atoms with Crippen LogP contribution in [0.15, 0.2) is 24.3 Å². The van der Waals surface area contributed by atoms with Crippen LogP contribution in [0.3, 0.4) is 0 Å². The molecule has 0 aliphatic carbocycles. The fourth-order valence-electron chi connectivity index (χ4n) is 3.72. The lowest BCUT2D eigenvalue weighted by atomic mass is 9.82. The number of likely N-dealkylation sites (tertiary alicyclic amines) is 1. The molecule has 7 heteroatoms. The molecule has 2 fully saturated rings. The summed E-state index contributed by atoms with van der Waals surface area (Å²) in [7, 11) is 0. The predicted molar refractivity (Wildman–Crippen MR) is 83.2 cm³/mol. The van der Waals surface area contributed by atoms with Crippen LogP contribution in [0.2, 0.25) is 0 Å². The van der Waals surface area contributed by atoms with E-state index >= 15 is 0 Å². The van der Waals surface area contributed by atoms with Crippen LogP contribution in [-0.4, -0.2) is 42.1 Å². The first kappa shape index (κ1) is 15.0. The molecule has 0 radical (unpaired) electrons. The Morgan fingerprint density at radius 3 is 2.67 bits per heavy atom. The molecule has 126 valence electrons. The minimum Gasteiger partial charge on any atom is -0.452 e. The number of cyclic esters (lactones) is 1. The number of hydrogen-bond donors (Lipinski definition) is 1. The molecule has 3 aliphatic heterocycles. The van der Waals surface area contributed by atoms with Crippen LogP contribution in [-0.2, 0) is 24.7 Å². The Balaban J connectivity index is 1.51. The molecule has 7 nitrogen and oxygen atoms in total. The number of esters is 1. The zero-order chi connectivity index (χ0) is 16.7. The van der Waals surface area contributed by atoms with Gasteiger partial charge in [-0.2, -0.15) is 0 Å². The Labute approximate surface area is 138 Å². The van der Waals surface area contributed by atoms with Gasteiger partial charge in [-0.3, -0.25) is 14.9 Å². The first-order valence-electron chi connectivity index (χ1n) is 8.15. The van der Waals surface area contributed by atoms with Gasteiger partial charge in [-0.15, -0.1) is 0 Å². The van der Waals surface area contributed by atoms with Crippen molar-refractivity contribution in [3.63, 3.8) is 0 Å². The molecule has 0 aromatic heterocycles. The molecule has 2 amide bonds. The smallest absolute Gasteiger partial charge is 0.412 e. The number of para-hydroxylation sites is 1. The number of fused-ring (bicyclic) bond motifs is 2. The van der Waals surface area contributed by atoms with E-state index in [4.69, 9.17) is 9.47 Å². The lowest BCUT2D eigenvalue weighted by molar-refractivity contribution is -0.155. The van der Waals surface area contributed by atoms with E-state index in [1.54, 1.807) is 4.90 Å². The summed E-state index contributed by atoms with van der Waals surface area (Å²) in [6.07, 6.45) is 0.687. The van der Waals surface area contributed by atoms with Crippen molar-refractivity contribution in [1.82, 2.24) is 4.90 Å². The van der Waals surface area contributed by atoms with Gasteiger partial charge in [0.15, 0.2) is 6.10 Å². The molecule has 0 unspecified atom stereocenters. The highest BCUT2D eigenvalue weighted by molar-refractivity contribution is 5.89. The molecule has 3 aliphatic rings. The van der Waals surface area contributed by atoms with Gasteiger partial charge in [0.2, 0.25) is 0 Å². The normalized spacial score (nSPS) is 24.8. The number of carbonyl (C=O) groups excluding carboxylic acids is 3. The molecule has 1 N–H and O–H groups in total. The number of benzene rings is 1. The standard InChI is InChI=1S/C17H18N2O5/c20-14-6-5-13(23-14)15(21)19-9-7-17(8-10-19)11-3-1-2-4-12(11)18-16(22)24-17/h1-4,13H,5-10H2,(H,18,22)/t13-/m0/s1. The molecule has 1 aromatic rings. The van der Waals surface area contributed by atoms with E-state index in [9.17, 15) is 14.4 Å². The highest BCUT2D eigenvalue weighted by Gasteiger charge is 2.46. The number of piperidine rings is 1. The van der Waals surface area contributed by atoms with Gasteiger partial charge in [0.1, 0.15) is 5.60 Å². The van der Waals surface area contributed by atoms with E-state index in [-0.39, 0.29) is 11.9 Å². The second-order valence-electron chi connectivity index (χ2n) is 6.40. The van der Waals surface area contributed by atoms with Crippen LogP contribution in [0.25, 0.3) is 0 Å². The lowest BCUT2D eigenvalue weighted by Gasteiger charge is -2.44. The van der Waals surface area contributed by atoms with Crippen molar-refractivity contribution in [3.8, 4) is 0 Å². The molecule has 1 aromatic carbocycles. The molecular weight excluding hydrogens is 312 g/mol. The zero-order valence-electron chi connectivity index (χ0n) is 13.1. The quantitative estimate of drug-likeness (QED) is 0.793. The van der Waals surface area contributed by atoms with Gasteiger partial charge in [0.25, 0.3) is 5.91 Å². The van der Waals surface area contributed by atoms with Crippen molar-refractivity contribution in [1.29, 1.82) is 0 Å². The van der Waals surface area contributed by atoms with Crippen LogP contribution >= 0.6 is 0 Å².